The van der Waals surface area contributed by atoms with E-state index < -0.39 is 29.2 Å². The van der Waals surface area contributed by atoms with Crippen LogP contribution in [0.25, 0.3) is 0 Å². The molecule has 2 rings (SSSR count). The van der Waals surface area contributed by atoms with Crippen LogP contribution in [0.2, 0.25) is 0 Å². The van der Waals surface area contributed by atoms with Gasteiger partial charge in [-0.05, 0) is 30.5 Å². The van der Waals surface area contributed by atoms with Crippen LogP contribution in [0.15, 0.2) is 36.4 Å². The molecule has 0 aliphatic rings. The lowest BCUT2D eigenvalue weighted by molar-refractivity contribution is -0.133. The normalized spacial score (nSPS) is 11.9. The van der Waals surface area contributed by atoms with E-state index in [0.717, 1.165) is 11.6 Å². The molecular formula is C22H27F2N3O3. The summed E-state index contributed by atoms with van der Waals surface area (Å²) in [5.41, 5.74) is 6.22. The molecule has 0 bridgehead atoms. The summed E-state index contributed by atoms with van der Waals surface area (Å²) in [5, 5.41) is 10.0. The molecule has 1 amide bonds. The average Bonchev–Trinajstić information content (AvgIpc) is 2.71. The van der Waals surface area contributed by atoms with Crippen LogP contribution in [-0.4, -0.2) is 25.0 Å². The smallest absolute Gasteiger partial charge is 0.254 e. The van der Waals surface area contributed by atoms with Gasteiger partial charge >= 0.3 is 0 Å². The van der Waals surface area contributed by atoms with Crippen LogP contribution in [0, 0.1) is 23.0 Å². The van der Waals surface area contributed by atoms with Crippen LogP contribution < -0.4 is 15.8 Å². The molecule has 0 aliphatic heterocycles. The van der Waals surface area contributed by atoms with Crippen LogP contribution in [0.5, 0.6) is 5.75 Å². The van der Waals surface area contributed by atoms with Gasteiger partial charge in [-0.2, -0.15) is 0 Å². The molecule has 30 heavy (non-hydrogen) atoms. The van der Waals surface area contributed by atoms with Gasteiger partial charge in [-0.3, -0.25) is 10.2 Å². The van der Waals surface area contributed by atoms with Gasteiger partial charge in [0, 0.05) is 18.7 Å². The van der Waals surface area contributed by atoms with Crippen LogP contribution in [-0.2, 0) is 16.1 Å². The van der Waals surface area contributed by atoms with Crippen molar-refractivity contribution in [2.75, 3.05) is 13.2 Å². The molecule has 0 unspecified atom stereocenters. The Bertz CT molecular complexity index is 886. The first-order chi connectivity index (χ1) is 14.2. The molecule has 6 nitrogen and oxygen atoms in total. The molecule has 4 N–H and O–H groups in total. The first-order valence-corrected chi connectivity index (χ1v) is 9.67. The molecule has 0 radical (unpaired) electrons. The zero-order valence-electron chi connectivity index (χ0n) is 17.3. The zero-order valence-corrected chi connectivity index (χ0v) is 17.3. The van der Waals surface area contributed by atoms with E-state index in [1.807, 2.05) is 13.8 Å². The highest BCUT2D eigenvalue weighted by Gasteiger charge is 2.29. The van der Waals surface area contributed by atoms with Gasteiger partial charge in [0.25, 0.3) is 5.91 Å². The Morgan fingerprint density at radius 3 is 2.40 bits per heavy atom. The molecule has 0 heterocycles. The number of benzene rings is 2. The van der Waals surface area contributed by atoms with E-state index in [-0.39, 0.29) is 37.3 Å². The summed E-state index contributed by atoms with van der Waals surface area (Å²) >= 11 is 0. The number of carbonyl (C=O) groups excluding carboxylic acids is 1. The monoisotopic (exact) mass is 419 g/mol. The number of nitrogen functional groups attached to an aromatic ring is 1. The minimum Gasteiger partial charge on any atom is -0.490 e. The lowest BCUT2D eigenvalue weighted by atomic mass is 10.1. The van der Waals surface area contributed by atoms with Crippen LogP contribution in [0.4, 0.5) is 8.78 Å². The van der Waals surface area contributed by atoms with Gasteiger partial charge in [0.05, 0.1) is 12.2 Å². The lowest BCUT2D eigenvalue weighted by Crippen LogP contribution is -2.32. The molecule has 2 aromatic carbocycles. The molecule has 2 aromatic rings. The quantitative estimate of drug-likeness (QED) is 0.404. The number of amidine groups is 1. The van der Waals surface area contributed by atoms with Crippen molar-refractivity contribution in [3.05, 3.63) is 64.7 Å². The molecule has 0 aromatic heterocycles. The number of hydrogen-bond acceptors (Lipinski definition) is 4. The number of nitrogens with two attached hydrogens (primary N) is 1. The van der Waals surface area contributed by atoms with Gasteiger partial charge in [0.1, 0.15) is 11.7 Å². The Labute approximate surface area is 174 Å². The van der Waals surface area contributed by atoms with Crippen LogP contribution >= 0.6 is 0 Å². The Hall–Kier alpha value is -3.00. The van der Waals surface area contributed by atoms with Gasteiger partial charge < -0.3 is 20.5 Å². The second kappa shape index (κ2) is 10.7. The zero-order chi connectivity index (χ0) is 22.3. The van der Waals surface area contributed by atoms with E-state index >= 15 is 0 Å². The second-order valence-electron chi connectivity index (χ2n) is 7.14. The van der Waals surface area contributed by atoms with Gasteiger partial charge in [-0.1, -0.05) is 38.1 Å². The highest BCUT2D eigenvalue weighted by molar-refractivity contribution is 5.94. The van der Waals surface area contributed by atoms with E-state index in [2.05, 4.69) is 5.32 Å². The fourth-order valence-corrected chi connectivity index (χ4v) is 2.70. The SMILES string of the molecule is CCO[C@H](C(=O)NCc1ccc(C(=N)N)cc1)c1c(F)ccc(OCC(C)C)c1F. The van der Waals surface area contributed by atoms with Gasteiger partial charge in [-0.25, -0.2) is 8.78 Å². The molecule has 0 fully saturated rings. The lowest BCUT2D eigenvalue weighted by Gasteiger charge is -2.20. The molecule has 0 aliphatic carbocycles. The number of amides is 1. The predicted molar refractivity (Wildman–Crippen MR) is 110 cm³/mol. The van der Waals surface area contributed by atoms with Crippen molar-refractivity contribution in [1.29, 1.82) is 5.41 Å². The molecule has 162 valence electrons. The maximum Gasteiger partial charge on any atom is 0.254 e. The van der Waals surface area contributed by atoms with Crippen molar-refractivity contribution >= 4 is 11.7 Å². The molecular weight excluding hydrogens is 392 g/mol. The third kappa shape index (κ3) is 6.00. The molecule has 8 heteroatoms. The van der Waals surface area contributed by atoms with Crippen molar-refractivity contribution in [2.24, 2.45) is 11.7 Å². The number of nitrogens with one attached hydrogen (secondary N) is 2. The van der Waals surface area contributed by atoms with Crippen molar-refractivity contribution in [2.45, 2.75) is 33.4 Å². The first kappa shape index (κ1) is 23.3. The van der Waals surface area contributed by atoms with E-state index in [1.54, 1.807) is 31.2 Å². The van der Waals surface area contributed by atoms with Crippen LogP contribution in [0.3, 0.4) is 0 Å². The fraction of sp³-hybridized carbons (Fsp3) is 0.364. The first-order valence-electron chi connectivity index (χ1n) is 9.67. The van der Waals surface area contributed by atoms with Crippen molar-refractivity contribution < 1.29 is 23.0 Å². The number of rotatable bonds is 10. The van der Waals surface area contributed by atoms with Gasteiger partial charge in [0.15, 0.2) is 17.7 Å². The summed E-state index contributed by atoms with van der Waals surface area (Å²) in [5.74, 6) is -2.55. The van der Waals surface area contributed by atoms with E-state index in [4.69, 9.17) is 20.6 Å². The van der Waals surface area contributed by atoms with E-state index in [0.29, 0.717) is 5.56 Å². The second-order valence-corrected chi connectivity index (χ2v) is 7.14. The van der Waals surface area contributed by atoms with Gasteiger partial charge in [-0.15, -0.1) is 0 Å². The Balaban J connectivity index is 2.20. The highest BCUT2D eigenvalue weighted by atomic mass is 19.1. The summed E-state index contributed by atoms with van der Waals surface area (Å²) in [7, 11) is 0. The molecule has 0 saturated carbocycles. The molecule has 0 saturated heterocycles. The maximum atomic E-state index is 14.9. The topological polar surface area (TPSA) is 97.4 Å². The molecule has 1 atom stereocenters. The Morgan fingerprint density at radius 2 is 1.83 bits per heavy atom. The largest absolute Gasteiger partial charge is 0.490 e. The minimum atomic E-state index is -1.46. The Kier molecular flexibility index (Phi) is 8.29. The van der Waals surface area contributed by atoms with Crippen molar-refractivity contribution in [3.63, 3.8) is 0 Å². The highest BCUT2D eigenvalue weighted by Crippen LogP contribution is 2.30. The number of carbonyl (C=O) groups is 1. The molecule has 0 spiro atoms. The predicted octanol–water partition coefficient (Wildman–Crippen LogP) is 3.68. The van der Waals surface area contributed by atoms with Gasteiger partial charge in [0.2, 0.25) is 0 Å². The standard InChI is InChI=1S/C22H27F2N3O3/c1-4-29-20(18-16(23)9-10-17(19(18)24)30-12-13(2)3)22(28)27-11-14-5-7-15(8-6-14)21(25)26/h5-10,13,20H,4,11-12H2,1-3H3,(H3,25,26)(H,27,28)/t20-/m0/s1. The van der Waals surface area contributed by atoms with E-state index in [1.165, 1.54) is 6.07 Å². The fourth-order valence-electron chi connectivity index (χ4n) is 2.70. The van der Waals surface area contributed by atoms with Crippen molar-refractivity contribution in [1.82, 2.24) is 5.32 Å². The maximum absolute atomic E-state index is 14.9. The van der Waals surface area contributed by atoms with E-state index in [9.17, 15) is 13.6 Å². The van der Waals surface area contributed by atoms with Crippen LogP contribution in [0.1, 0.15) is 43.6 Å². The summed E-state index contributed by atoms with van der Waals surface area (Å²) in [6.45, 7) is 5.90. The minimum absolute atomic E-state index is 0.0625. The summed E-state index contributed by atoms with van der Waals surface area (Å²) in [6, 6.07) is 8.97. The third-order valence-corrected chi connectivity index (χ3v) is 4.23. The number of halogens is 2. The number of ether oxygens (including phenoxy) is 2. The summed E-state index contributed by atoms with van der Waals surface area (Å²) in [4.78, 5) is 12.7. The number of hydrogen-bond donors (Lipinski definition) is 3. The van der Waals surface area contributed by atoms with Crippen molar-refractivity contribution in [3.8, 4) is 5.75 Å². The Morgan fingerprint density at radius 1 is 1.17 bits per heavy atom. The average molecular weight is 419 g/mol. The summed E-state index contributed by atoms with van der Waals surface area (Å²) in [6.07, 6.45) is -1.46. The summed E-state index contributed by atoms with van der Waals surface area (Å²) < 4.78 is 40.2. The third-order valence-electron chi connectivity index (χ3n) is 4.23.